The van der Waals surface area contributed by atoms with Crippen molar-refractivity contribution in [1.82, 2.24) is 20.9 Å². The fourth-order valence-corrected chi connectivity index (χ4v) is 3.50. The zero-order valence-electron chi connectivity index (χ0n) is 20.1. The van der Waals surface area contributed by atoms with E-state index in [0.717, 1.165) is 16.5 Å². The summed E-state index contributed by atoms with van der Waals surface area (Å²) in [5.41, 5.74) is 7.66. The number of aromatic nitrogens is 1. The molecule has 10 heteroatoms. The molecule has 1 aromatic carbocycles. The first-order chi connectivity index (χ1) is 16.0. The molecular weight excluding hydrogens is 438 g/mol. The maximum atomic E-state index is 13.0. The Bertz CT molecular complexity index is 1020. The third kappa shape index (κ3) is 7.05. The lowest BCUT2D eigenvalue weighted by Gasteiger charge is -2.23. The molecule has 10 nitrogen and oxygen atoms in total. The number of amides is 3. The minimum absolute atomic E-state index is 0.129. The number of para-hydroxylation sites is 1. The summed E-state index contributed by atoms with van der Waals surface area (Å²) in [6, 6.07) is 4.75. The lowest BCUT2D eigenvalue weighted by molar-refractivity contribution is -0.143. The van der Waals surface area contributed by atoms with Gasteiger partial charge in [-0.25, -0.2) is 4.79 Å². The molecule has 34 heavy (non-hydrogen) atoms. The van der Waals surface area contributed by atoms with E-state index in [1.54, 1.807) is 27.0 Å². The smallest absolute Gasteiger partial charge is 0.326 e. The third-order valence-corrected chi connectivity index (χ3v) is 5.97. The summed E-state index contributed by atoms with van der Waals surface area (Å²) in [7, 11) is 0. The summed E-state index contributed by atoms with van der Waals surface area (Å²) in [4.78, 5) is 52.5. The second-order valence-electron chi connectivity index (χ2n) is 8.88. The highest BCUT2D eigenvalue weighted by molar-refractivity contribution is 5.93. The van der Waals surface area contributed by atoms with Crippen LogP contribution >= 0.6 is 0 Å². The molecule has 4 unspecified atom stereocenters. The molecule has 2 rings (SSSR count). The van der Waals surface area contributed by atoms with Crippen molar-refractivity contribution in [3.05, 3.63) is 36.0 Å². The van der Waals surface area contributed by atoms with Crippen molar-refractivity contribution < 1.29 is 24.3 Å². The standard InChI is InChI=1S/C24H35N5O5/c1-5-14(4)21(24(33)34)29-19(30)12-27-22(31)18(28-23(32)20(25)13(2)3)10-15-11-26-17-9-7-6-8-16(15)17/h6-9,11,13-14,18,20-21,26H,5,10,12,25H2,1-4H3,(H,27,31)(H,28,32)(H,29,30)(H,33,34). The Balaban J connectivity index is 2.12. The highest BCUT2D eigenvalue weighted by Gasteiger charge is 2.28. The molecule has 0 aliphatic heterocycles. The fourth-order valence-electron chi connectivity index (χ4n) is 3.50. The molecular formula is C24H35N5O5. The SMILES string of the molecule is CCC(C)C(NC(=O)CNC(=O)C(Cc1c[nH]c2ccccc12)NC(=O)C(N)C(C)C)C(=O)O. The van der Waals surface area contributed by atoms with Crippen LogP contribution in [0.15, 0.2) is 30.5 Å². The lowest BCUT2D eigenvalue weighted by Crippen LogP contribution is -2.55. The number of aliphatic carboxylic acids is 1. The lowest BCUT2D eigenvalue weighted by atomic mass is 9.99. The van der Waals surface area contributed by atoms with Gasteiger partial charge in [-0.1, -0.05) is 52.3 Å². The molecule has 0 aliphatic rings. The molecule has 0 aliphatic carbocycles. The van der Waals surface area contributed by atoms with Gasteiger partial charge in [0, 0.05) is 23.5 Å². The first-order valence-electron chi connectivity index (χ1n) is 11.5. The van der Waals surface area contributed by atoms with Gasteiger partial charge in [-0.3, -0.25) is 14.4 Å². The zero-order valence-corrected chi connectivity index (χ0v) is 20.1. The number of carboxylic acids is 1. The molecule has 0 radical (unpaired) electrons. The van der Waals surface area contributed by atoms with Gasteiger partial charge in [-0.15, -0.1) is 0 Å². The molecule has 0 saturated heterocycles. The molecule has 0 spiro atoms. The van der Waals surface area contributed by atoms with Gasteiger partial charge in [0.25, 0.3) is 0 Å². The van der Waals surface area contributed by atoms with Crippen LogP contribution in [0.4, 0.5) is 0 Å². The summed E-state index contributed by atoms with van der Waals surface area (Å²) in [6.45, 7) is 6.74. The van der Waals surface area contributed by atoms with Crippen LogP contribution in [0.25, 0.3) is 10.9 Å². The monoisotopic (exact) mass is 473 g/mol. The van der Waals surface area contributed by atoms with Crippen molar-refractivity contribution in [2.24, 2.45) is 17.6 Å². The van der Waals surface area contributed by atoms with Gasteiger partial charge >= 0.3 is 5.97 Å². The Kier molecular flexibility index (Phi) is 9.61. The Morgan fingerprint density at radius 2 is 1.74 bits per heavy atom. The minimum Gasteiger partial charge on any atom is -0.480 e. The van der Waals surface area contributed by atoms with E-state index in [-0.39, 0.29) is 18.3 Å². The molecule has 7 N–H and O–H groups in total. The Labute approximate surface area is 199 Å². The number of hydrogen-bond donors (Lipinski definition) is 6. The molecule has 1 aromatic heterocycles. The van der Waals surface area contributed by atoms with E-state index in [9.17, 15) is 24.3 Å². The number of carboxylic acid groups (broad SMARTS) is 1. The van der Waals surface area contributed by atoms with Crippen LogP contribution in [0.2, 0.25) is 0 Å². The van der Waals surface area contributed by atoms with Crippen LogP contribution in [-0.4, -0.2) is 58.5 Å². The first-order valence-corrected chi connectivity index (χ1v) is 11.5. The van der Waals surface area contributed by atoms with Gasteiger partial charge in [-0.05, 0) is 23.5 Å². The summed E-state index contributed by atoms with van der Waals surface area (Å²) in [5, 5.41) is 17.9. The van der Waals surface area contributed by atoms with Crippen molar-refractivity contribution >= 4 is 34.6 Å². The fraction of sp³-hybridized carbons (Fsp3) is 0.500. The van der Waals surface area contributed by atoms with Crippen LogP contribution in [0.1, 0.15) is 39.7 Å². The highest BCUT2D eigenvalue weighted by atomic mass is 16.4. The third-order valence-electron chi connectivity index (χ3n) is 5.97. The minimum atomic E-state index is -1.14. The van der Waals surface area contributed by atoms with Gasteiger partial charge in [0.15, 0.2) is 0 Å². The second kappa shape index (κ2) is 12.2. The second-order valence-corrected chi connectivity index (χ2v) is 8.88. The number of hydrogen-bond acceptors (Lipinski definition) is 5. The normalized spacial score (nSPS) is 14.8. The van der Waals surface area contributed by atoms with Crippen molar-refractivity contribution in [2.45, 2.75) is 58.7 Å². The summed E-state index contributed by atoms with van der Waals surface area (Å²) < 4.78 is 0. The molecule has 0 bridgehead atoms. The molecule has 0 saturated carbocycles. The van der Waals surface area contributed by atoms with E-state index in [1.807, 2.05) is 31.2 Å². The van der Waals surface area contributed by atoms with Crippen LogP contribution in [0, 0.1) is 11.8 Å². The summed E-state index contributed by atoms with van der Waals surface area (Å²) >= 11 is 0. The molecule has 4 atom stereocenters. The number of fused-ring (bicyclic) bond motifs is 1. The quantitative estimate of drug-likeness (QED) is 0.268. The van der Waals surface area contributed by atoms with Gasteiger partial charge in [0.2, 0.25) is 17.7 Å². The van der Waals surface area contributed by atoms with Crippen molar-refractivity contribution in [2.75, 3.05) is 6.54 Å². The number of aromatic amines is 1. The number of carbonyl (C=O) groups is 4. The van der Waals surface area contributed by atoms with Crippen LogP contribution < -0.4 is 21.7 Å². The van der Waals surface area contributed by atoms with E-state index in [1.165, 1.54) is 0 Å². The maximum absolute atomic E-state index is 13.0. The highest BCUT2D eigenvalue weighted by Crippen LogP contribution is 2.19. The van der Waals surface area contributed by atoms with Crippen molar-refractivity contribution in [3.8, 4) is 0 Å². The summed E-state index contributed by atoms with van der Waals surface area (Å²) in [5.74, 6) is -3.21. The number of carbonyl (C=O) groups excluding carboxylic acids is 3. The van der Waals surface area contributed by atoms with Crippen LogP contribution in [-0.2, 0) is 25.6 Å². The van der Waals surface area contributed by atoms with Crippen molar-refractivity contribution in [3.63, 3.8) is 0 Å². The number of nitrogens with two attached hydrogens (primary N) is 1. The first kappa shape index (κ1) is 26.8. The zero-order chi connectivity index (χ0) is 25.4. The Morgan fingerprint density at radius 1 is 1.06 bits per heavy atom. The molecule has 1 heterocycles. The number of nitrogens with one attached hydrogen (secondary N) is 4. The van der Waals surface area contributed by atoms with Crippen LogP contribution in [0.5, 0.6) is 0 Å². The van der Waals surface area contributed by atoms with E-state index < -0.39 is 48.4 Å². The Morgan fingerprint density at radius 3 is 2.35 bits per heavy atom. The van der Waals surface area contributed by atoms with Gasteiger partial charge in [0.05, 0.1) is 12.6 Å². The Hall–Kier alpha value is -3.40. The molecule has 2 aromatic rings. The number of benzene rings is 1. The van der Waals surface area contributed by atoms with E-state index in [4.69, 9.17) is 5.73 Å². The van der Waals surface area contributed by atoms with E-state index in [2.05, 4.69) is 20.9 Å². The predicted molar refractivity (Wildman–Crippen MR) is 129 cm³/mol. The number of rotatable bonds is 12. The van der Waals surface area contributed by atoms with E-state index in [0.29, 0.717) is 6.42 Å². The number of H-pyrrole nitrogens is 1. The predicted octanol–water partition coefficient (Wildman–Crippen LogP) is 0.910. The average Bonchev–Trinajstić information content (AvgIpc) is 3.21. The molecule has 186 valence electrons. The molecule has 3 amide bonds. The largest absolute Gasteiger partial charge is 0.480 e. The van der Waals surface area contributed by atoms with E-state index >= 15 is 0 Å². The average molecular weight is 474 g/mol. The van der Waals surface area contributed by atoms with Gasteiger partial charge < -0.3 is 31.8 Å². The summed E-state index contributed by atoms with van der Waals surface area (Å²) in [6.07, 6.45) is 2.52. The van der Waals surface area contributed by atoms with Crippen molar-refractivity contribution in [1.29, 1.82) is 0 Å². The van der Waals surface area contributed by atoms with Gasteiger partial charge in [0.1, 0.15) is 12.1 Å². The molecule has 0 fully saturated rings. The van der Waals surface area contributed by atoms with Gasteiger partial charge in [-0.2, -0.15) is 0 Å². The maximum Gasteiger partial charge on any atom is 0.326 e. The topological polar surface area (TPSA) is 166 Å². The van der Waals surface area contributed by atoms with Crippen LogP contribution in [0.3, 0.4) is 0 Å².